The molecule has 1 fully saturated rings. The number of ketones is 1. The van der Waals surface area contributed by atoms with Crippen molar-refractivity contribution in [2.75, 3.05) is 0 Å². The minimum atomic E-state index is -0.245. The standard InChI is InChI=1S/C16H19BrN2O2/c17-12-9-14-13(18-16(21)19-14)8-11(12)15(20)7-10-5-3-1-2-4-6-10/h8-10H,1-7H2,(H2,18,19,21). The van der Waals surface area contributed by atoms with Gasteiger partial charge in [-0.15, -0.1) is 0 Å². The first kappa shape index (κ1) is 14.6. The van der Waals surface area contributed by atoms with Gasteiger partial charge in [-0.2, -0.15) is 0 Å². The number of carbonyl (C=O) groups is 1. The highest BCUT2D eigenvalue weighted by Crippen LogP contribution is 2.29. The van der Waals surface area contributed by atoms with Crippen molar-refractivity contribution >= 4 is 32.7 Å². The van der Waals surface area contributed by atoms with Crippen LogP contribution in [0.1, 0.15) is 55.3 Å². The van der Waals surface area contributed by atoms with E-state index in [0.717, 1.165) is 22.8 Å². The van der Waals surface area contributed by atoms with Crippen LogP contribution < -0.4 is 5.69 Å². The second-order valence-electron chi connectivity index (χ2n) is 5.94. The van der Waals surface area contributed by atoms with E-state index in [9.17, 15) is 9.59 Å². The highest BCUT2D eigenvalue weighted by molar-refractivity contribution is 9.10. The molecule has 1 heterocycles. The van der Waals surface area contributed by atoms with Crippen molar-refractivity contribution < 1.29 is 4.79 Å². The number of benzene rings is 1. The highest BCUT2D eigenvalue weighted by atomic mass is 79.9. The van der Waals surface area contributed by atoms with Gasteiger partial charge >= 0.3 is 5.69 Å². The van der Waals surface area contributed by atoms with Gasteiger partial charge in [0.1, 0.15) is 0 Å². The number of Topliss-reactive ketones (excluding diaryl/α,β-unsaturated/α-hetero) is 1. The Bertz CT molecular complexity index is 709. The van der Waals surface area contributed by atoms with Crippen LogP contribution in [-0.4, -0.2) is 15.8 Å². The van der Waals surface area contributed by atoms with Crippen LogP contribution in [0.15, 0.2) is 21.4 Å². The summed E-state index contributed by atoms with van der Waals surface area (Å²) in [6.07, 6.45) is 8.00. The highest BCUT2D eigenvalue weighted by Gasteiger charge is 2.19. The minimum absolute atomic E-state index is 0.165. The molecule has 21 heavy (non-hydrogen) atoms. The van der Waals surface area contributed by atoms with Crippen molar-refractivity contribution in [2.24, 2.45) is 5.92 Å². The van der Waals surface area contributed by atoms with Crippen LogP contribution in [0.4, 0.5) is 0 Å². The van der Waals surface area contributed by atoms with E-state index in [1.54, 1.807) is 12.1 Å². The zero-order valence-corrected chi connectivity index (χ0v) is 13.5. The summed E-state index contributed by atoms with van der Waals surface area (Å²) < 4.78 is 0.754. The predicted octanol–water partition coefficient (Wildman–Crippen LogP) is 4.16. The maximum atomic E-state index is 12.6. The monoisotopic (exact) mass is 350 g/mol. The lowest BCUT2D eigenvalue weighted by molar-refractivity contribution is 0.0956. The molecule has 0 atom stereocenters. The van der Waals surface area contributed by atoms with Crippen molar-refractivity contribution in [1.82, 2.24) is 9.97 Å². The van der Waals surface area contributed by atoms with Crippen LogP contribution in [0, 0.1) is 5.92 Å². The summed E-state index contributed by atoms with van der Waals surface area (Å²) in [5.41, 5.74) is 1.83. The number of aromatic amines is 2. The number of fused-ring (bicyclic) bond motifs is 1. The Labute approximate surface area is 131 Å². The van der Waals surface area contributed by atoms with Crippen molar-refractivity contribution in [3.05, 3.63) is 32.7 Å². The number of rotatable bonds is 3. The number of halogens is 1. The van der Waals surface area contributed by atoms with E-state index in [1.807, 2.05) is 0 Å². The third-order valence-electron chi connectivity index (χ3n) is 4.35. The second-order valence-corrected chi connectivity index (χ2v) is 6.80. The Hall–Kier alpha value is -1.36. The summed E-state index contributed by atoms with van der Waals surface area (Å²) in [6.45, 7) is 0. The molecule has 1 aliphatic carbocycles. The summed E-state index contributed by atoms with van der Waals surface area (Å²) >= 11 is 3.45. The molecule has 0 bridgehead atoms. The van der Waals surface area contributed by atoms with Crippen LogP contribution in [0.2, 0.25) is 0 Å². The van der Waals surface area contributed by atoms with Crippen molar-refractivity contribution in [3.63, 3.8) is 0 Å². The molecule has 1 aromatic heterocycles. The number of hydrogen-bond donors (Lipinski definition) is 2. The Morgan fingerprint density at radius 2 is 1.71 bits per heavy atom. The predicted molar refractivity (Wildman–Crippen MR) is 86.8 cm³/mol. The van der Waals surface area contributed by atoms with Gasteiger partial charge in [0.25, 0.3) is 0 Å². The molecule has 2 aromatic rings. The van der Waals surface area contributed by atoms with Crippen LogP contribution in [0.5, 0.6) is 0 Å². The van der Waals surface area contributed by atoms with Gasteiger partial charge in [0.05, 0.1) is 11.0 Å². The Kier molecular flexibility index (Phi) is 4.29. The fourth-order valence-electron chi connectivity index (χ4n) is 3.21. The number of imidazole rings is 1. The van der Waals surface area contributed by atoms with E-state index < -0.39 is 0 Å². The molecule has 0 saturated heterocycles. The van der Waals surface area contributed by atoms with Crippen molar-refractivity contribution in [1.29, 1.82) is 0 Å². The minimum Gasteiger partial charge on any atom is -0.306 e. The number of nitrogens with one attached hydrogen (secondary N) is 2. The van der Waals surface area contributed by atoms with E-state index in [2.05, 4.69) is 25.9 Å². The van der Waals surface area contributed by atoms with Gasteiger partial charge < -0.3 is 9.97 Å². The molecule has 2 N–H and O–H groups in total. The third kappa shape index (κ3) is 3.28. The molecule has 3 rings (SSSR count). The topological polar surface area (TPSA) is 65.7 Å². The lowest BCUT2D eigenvalue weighted by Crippen LogP contribution is -2.09. The van der Waals surface area contributed by atoms with Gasteiger partial charge in [-0.1, -0.05) is 38.5 Å². The van der Waals surface area contributed by atoms with Crippen LogP contribution in [0.3, 0.4) is 0 Å². The van der Waals surface area contributed by atoms with E-state index in [1.165, 1.54) is 25.7 Å². The molecule has 0 aliphatic heterocycles. The molecule has 0 amide bonds. The maximum Gasteiger partial charge on any atom is 0.323 e. The van der Waals surface area contributed by atoms with E-state index in [-0.39, 0.29) is 11.5 Å². The molecule has 0 spiro atoms. The molecule has 1 saturated carbocycles. The van der Waals surface area contributed by atoms with Gasteiger partial charge in [-0.3, -0.25) is 4.79 Å². The molecule has 4 nitrogen and oxygen atoms in total. The summed E-state index contributed by atoms with van der Waals surface area (Å²) in [4.78, 5) is 29.3. The Morgan fingerprint density at radius 3 is 2.38 bits per heavy atom. The quantitative estimate of drug-likeness (QED) is 0.644. The fourth-order valence-corrected chi connectivity index (χ4v) is 3.77. The Morgan fingerprint density at radius 1 is 1.10 bits per heavy atom. The molecular formula is C16H19BrN2O2. The van der Waals surface area contributed by atoms with Crippen molar-refractivity contribution in [3.8, 4) is 0 Å². The second kappa shape index (κ2) is 6.18. The van der Waals surface area contributed by atoms with Gasteiger partial charge in [-0.25, -0.2) is 4.79 Å². The van der Waals surface area contributed by atoms with Crippen LogP contribution >= 0.6 is 15.9 Å². The van der Waals surface area contributed by atoms with Crippen molar-refractivity contribution in [2.45, 2.75) is 44.9 Å². The summed E-state index contributed by atoms with van der Waals surface area (Å²) in [7, 11) is 0. The first-order valence-electron chi connectivity index (χ1n) is 7.58. The number of hydrogen-bond acceptors (Lipinski definition) is 2. The number of H-pyrrole nitrogens is 2. The molecule has 1 aliphatic rings. The smallest absolute Gasteiger partial charge is 0.306 e. The normalized spacial score (nSPS) is 17.0. The van der Waals surface area contributed by atoms with Gasteiger partial charge in [-0.05, 0) is 34.0 Å². The zero-order valence-electron chi connectivity index (χ0n) is 11.9. The fraction of sp³-hybridized carbons (Fsp3) is 0.500. The largest absolute Gasteiger partial charge is 0.323 e. The van der Waals surface area contributed by atoms with Gasteiger partial charge in [0, 0.05) is 16.5 Å². The first-order valence-corrected chi connectivity index (χ1v) is 8.37. The lowest BCUT2D eigenvalue weighted by Gasteiger charge is -2.13. The molecule has 0 radical (unpaired) electrons. The summed E-state index contributed by atoms with van der Waals surface area (Å²) in [5.74, 6) is 0.672. The summed E-state index contributed by atoms with van der Waals surface area (Å²) in [5, 5.41) is 0. The first-order chi connectivity index (χ1) is 10.1. The number of carbonyl (C=O) groups excluding carboxylic acids is 1. The van der Waals surface area contributed by atoms with Gasteiger partial charge in [0.15, 0.2) is 5.78 Å². The zero-order chi connectivity index (χ0) is 14.8. The average Bonchev–Trinajstić information content (AvgIpc) is 2.63. The molecule has 0 unspecified atom stereocenters. The average molecular weight is 351 g/mol. The molecule has 5 heteroatoms. The van der Waals surface area contributed by atoms with E-state index in [0.29, 0.717) is 23.4 Å². The van der Waals surface area contributed by atoms with Crippen LogP contribution in [-0.2, 0) is 0 Å². The van der Waals surface area contributed by atoms with E-state index >= 15 is 0 Å². The third-order valence-corrected chi connectivity index (χ3v) is 5.01. The lowest BCUT2D eigenvalue weighted by atomic mass is 9.92. The van der Waals surface area contributed by atoms with E-state index in [4.69, 9.17) is 0 Å². The van der Waals surface area contributed by atoms with Gasteiger partial charge in [0.2, 0.25) is 0 Å². The van der Waals surface area contributed by atoms with Crippen LogP contribution in [0.25, 0.3) is 11.0 Å². The Balaban J connectivity index is 1.83. The maximum absolute atomic E-state index is 12.6. The molecule has 1 aromatic carbocycles. The summed E-state index contributed by atoms with van der Waals surface area (Å²) in [6, 6.07) is 3.57. The molecule has 112 valence electrons. The molecular weight excluding hydrogens is 332 g/mol. The SMILES string of the molecule is O=C(CC1CCCCCC1)c1cc2[nH]c(=O)[nH]c2cc1Br. The number of aromatic nitrogens is 2.